The molecule has 0 N–H and O–H groups in total. The molecule has 0 bridgehead atoms. The lowest BCUT2D eigenvalue weighted by molar-refractivity contribution is -0.135. The maximum absolute atomic E-state index is 11.0. The number of hydrogen-bond acceptors (Lipinski definition) is 2. The molecule has 0 amide bonds. The van der Waals surface area contributed by atoms with Crippen LogP contribution in [0.15, 0.2) is 23.3 Å². The molecule has 11 heavy (non-hydrogen) atoms. The molecule has 1 aliphatic heterocycles. The van der Waals surface area contributed by atoms with Gasteiger partial charge in [-0.3, -0.25) is 0 Å². The van der Waals surface area contributed by atoms with Crippen molar-refractivity contribution in [2.75, 3.05) is 6.61 Å². The number of carbonyl (C=O) groups is 1. The molecule has 2 nitrogen and oxygen atoms in total. The van der Waals surface area contributed by atoms with Crippen molar-refractivity contribution in [3.8, 4) is 0 Å². The Labute approximate surface area is 70.5 Å². The van der Waals surface area contributed by atoms with Gasteiger partial charge in [-0.1, -0.05) is 17.7 Å². The lowest BCUT2D eigenvalue weighted by Gasteiger charge is -1.99. The van der Waals surface area contributed by atoms with Gasteiger partial charge in [0, 0.05) is 11.0 Å². The highest BCUT2D eigenvalue weighted by Gasteiger charge is 2.29. The van der Waals surface area contributed by atoms with Gasteiger partial charge in [-0.15, -0.1) is 6.58 Å². The molecule has 0 radical (unpaired) electrons. The molecule has 1 saturated heterocycles. The van der Waals surface area contributed by atoms with Crippen molar-refractivity contribution in [2.24, 2.45) is 5.92 Å². The molecule has 0 aromatic rings. The van der Waals surface area contributed by atoms with Crippen molar-refractivity contribution in [1.29, 1.82) is 0 Å². The highest BCUT2D eigenvalue weighted by atomic mass is 35.5. The molecular formula is C8H9ClO2. The molecule has 0 aliphatic carbocycles. The van der Waals surface area contributed by atoms with Crippen molar-refractivity contribution >= 4 is 17.6 Å². The first kappa shape index (κ1) is 8.34. The molecule has 0 spiro atoms. The highest BCUT2D eigenvalue weighted by molar-refractivity contribution is 6.31. The number of carbonyl (C=O) groups excluding carboxylic acids is 1. The lowest BCUT2D eigenvalue weighted by Crippen LogP contribution is -2.00. The molecule has 1 rings (SSSR count). The van der Waals surface area contributed by atoms with E-state index in [4.69, 9.17) is 16.3 Å². The molecule has 3 heteroatoms. The van der Waals surface area contributed by atoms with Crippen LogP contribution in [0.1, 0.15) is 6.92 Å². The Morgan fingerprint density at radius 1 is 1.91 bits per heavy atom. The lowest BCUT2D eigenvalue weighted by atomic mass is 10.0. The van der Waals surface area contributed by atoms with Gasteiger partial charge < -0.3 is 4.74 Å². The van der Waals surface area contributed by atoms with E-state index in [2.05, 4.69) is 6.58 Å². The summed E-state index contributed by atoms with van der Waals surface area (Å²) in [5.74, 6) is -0.345. The first-order chi connectivity index (χ1) is 5.16. The van der Waals surface area contributed by atoms with E-state index in [1.165, 1.54) is 0 Å². The number of esters is 1. The molecule has 0 aromatic heterocycles. The van der Waals surface area contributed by atoms with Crippen LogP contribution in [0.5, 0.6) is 0 Å². The van der Waals surface area contributed by atoms with Crippen molar-refractivity contribution in [3.05, 3.63) is 23.3 Å². The standard InChI is InChI=1S/C8H9ClO2/c1-3-6-4-11-8(10)7(6)5(2)9/h3,6H,1,4H2,2H3. The van der Waals surface area contributed by atoms with Gasteiger partial charge in [-0.05, 0) is 6.92 Å². The quantitative estimate of drug-likeness (QED) is 0.343. The summed E-state index contributed by atoms with van der Waals surface area (Å²) in [4.78, 5) is 11.0. The van der Waals surface area contributed by atoms with Crippen LogP contribution >= 0.6 is 11.6 Å². The van der Waals surface area contributed by atoms with Crippen LogP contribution < -0.4 is 0 Å². The minimum absolute atomic E-state index is 0.0278. The summed E-state index contributed by atoms with van der Waals surface area (Å²) in [6, 6.07) is 0. The van der Waals surface area contributed by atoms with Crippen molar-refractivity contribution in [3.63, 3.8) is 0 Å². The molecule has 60 valence electrons. The van der Waals surface area contributed by atoms with Crippen LogP contribution in [0.25, 0.3) is 0 Å². The van der Waals surface area contributed by atoms with Gasteiger partial charge in [-0.2, -0.15) is 0 Å². The smallest absolute Gasteiger partial charge is 0.335 e. The van der Waals surface area contributed by atoms with Crippen LogP contribution in [-0.2, 0) is 9.53 Å². The molecule has 1 heterocycles. The Morgan fingerprint density at radius 3 is 2.91 bits per heavy atom. The summed E-state index contributed by atoms with van der Waals surface area (Å²) in [6.45, 7) is 5.64. The largest absolute Gasteiger partial charge is 0.461 e. The predicted molar refractivity (Wildman–Crippen MR) is 43.2 cm³/mol. The molecule has 0 saturated carbocycles. The normalized spacial score (nSPS) is 28.2. The van der Waals surface area contributed by atoms with Gasteiger partial charge in [0.25, 0.3) is 0 Å². The minimum atomic E-state index is -0.317. The second-order valence-corrected chi connectivity index (χ2v) is 2.95. The summed E-state index contributed by atoms with van der Waals surface area (Å²) in [7, 11) is 0. The third-order valence-electron chi connectivity index (χ3n) is 1.64. The maximum atomic E-state index is 11.0. The van der Waals surface area contributed by atoms with Gasteiger partial charge >= 0.3 is 5.97 Å². The van der Waals surface area contributed by atoms with Crippen LogP contribution in [-0.4, -0.2) is 12.6 Å². The Balaban J connectivity index is 2.98. The van der Waals surface area contributed by atoms with E-state index in [0.29, 0.717) is 17.2 Å². The fraction of sp³-hybridized carbons (Fsp3) is 0.375. The van der Waals surface area contributed by atoms with Gasteiger partial charge in [0.15, 0.2) is 0 Å². The van der Waals surface area contributed by atoms with Crippen molar-refractivity contribution in [2.45, 2.75) is 6.92 Å². The maximum Gasteiger partial charge on any atom is 0.335 e. The fourth-order valence-corrected chi connectivity index (χ4v) is 1.28. The zero-order chi connectivity index (χ0) is 8.43. The minimum Gasteiger partial charge on any atom is -0.461 e. The Hall–Kier alpha value is -0.760. The first-order valence-corrected chi connectivity index (χ1v) is 3.70. The summed E-state index contributed by atoms with van der Waals surface area (Å²) in [5, 5.41) is 0.498. The van der Waals surface area contributed by atoms with Gasteiger partial charge in [0.1, 0.15) is 6.61 Å². The highest BCUT2D eigenvalue weighted by Crippen LogP contribution is 2.26. The van der Waals surface area contributed by atoms with Crippen molar-refractivity contribution < 1.29 is 9.53 Å². The Bertz CT molecular complexity index is 226. The molecule has 1 unspecified atom stereocenters. The van der Waals surface area contributed by atoms with Crippen LogP contribution in [0, 0.1) is 5.92 Å². The third-order valence-corrected chi connectivity index (χ3v) is 1.84. The molecule has 1 fully saturated rings. The van der Waals surface area contributed by atoms with Gasteiger partial charge in [0.2, 0.25) is 0 Å². The zero-order valence-electron chi connectivity index (χ0n) is 6.26. The fourth-order valence-electron chi connectivity index (χ4n) is 1.06. The van der Waals surface area contributed by atoms with Crippen LogP contribution in [0.4, 0.5) is 0 Å². The monoisotopic (exact) mass is 172 g/mol. The van der Waals surface area contributed by atoms with Gasteiger partial charge in [-0.25, -0.2) is 4.79 Å². The second-order valence-electron chi connectivity index (χ2n) is 2.39. The Morgan fingerprint density at radius 2 is 2.55 bits per heavy atom. The molecular weight excluding hydrogens is 164 g/mol. The number of cyclic esters (lactones) is 1. The molecule has 1 aliphatic rings. The van der Waals surface area contributed by atoms with E-state index in [0.717, 1.165) is 0 Å². The summed E-state index contributed by atoms with van der Waals surface area (Å²) < 4.78 is 4.78. The Kier molecular flexibility index (Phi) is 2.35. The third kappa shape index (κ3) is 1.46. The van der Waals surface area contributed by atoms with E-state index < -0.39 is 0 Å². The summed E-state index contributed by atoms with van der Waals surface area (Å²) in [6.07, 6.45) is 1.67. The second kappa shape index (κ2) is 3.09. The number of allylic oxidation sites excluding steroid dienone is 1. The summed E-state index contributed by atoms with van der Waals surface area (Å²) >= 11 is 5.68. The SMILES string of the molecule is C=CC1COC(=O)C1=C(C)Cl. The van der Waals surface area contributed by atoms with E-state index >= 15 is 0 Å². The van der Waals surface area contributed by atoms with E-state index in [1.54, 1.807) is 13.0 Å². The molecule has 0 aromatic carbocycles. The number of halogens is 1. The van der Waals surface area contributed by atoms with Crippen LogP contribution in [0.2, 0.25) is 0 Å². The van der Waals surface area contributed by atoms with E-state index in [9.17, 15) is 4.79 Å². The summed E-state index contributed by atoms with van der Waals surface area (Å²) in [5.41, 5.74) is 0.543. The predicted octanol–water partition coefficient (Wildman–Crippen LogP) is 1.86. The van der Waals surface area contributed by atoms with Gasteiger partial charge in [0.05, 0.1) is 5.57 Å². The first-order valence-electron chi connectivity index (χ1n) is 3.32. The van der Waals surface area contributed by atoms with E-state index in [1.807, 2.05) is 0 Å². The van der Waals surface area contributed by atoms with Crippen molar-refractivity contribution in [1.82, 2.24) is 0 Å². The topological polar surface area (TPSA) is 26.3 Å². The molecule has 1 atom stereocenters. The van der Waals surface area contributed by atoms with E-state index in [-0.39, 0.29) is 11.9 Å². The number of hydrogen-bond donors (Lipinski definition) is 0. The average molecular weight is 173 g/mol. The number of ether oxygens (including phenoxy) is 1. The number of rotatable bonds is 1. The average Bonchev–Trinajstić information content (AvgIpc) is 2.30. The van der Waals surface area contributed by atoms with Crippen LogP contribution in [0.3, 0.4) is 0 Å². The zero-order valence-corrected chi connectivity index (χ0v) is 7.02.